The highest BCUT2D eigenvalue weighted by molar-refractivity contribution is 7.89. The quantitative estimate of drug-likeness (QED) is 0.719. The van der Waals surface area contributed by atoms with Crippen LogP contribution in [0.15, 0.2) is 46.0 Å². The van der Waals surface area contributed by atoms with Gasteiger partial charge in [-0.25, -0.2) is 8.42 Å². The van der Waals surface area contributed by atoms with E-state index in [0.29, 0.717) is 50.1 Å². The summed E-state index contributed by atoms with van der Waals surface area (Å²) in [5.74, 6) is -0.177. The molecule has 0 aliphatic carbocycles. The maximum Gasteiger partial charge on any atom is 0.253 e. The summed E-state index contributed by atoms with van der Waals surface area (Å²) in [7, 11) is -3.52. The number of sulfonamides is 1. The highest BCUT2D eigenvalue weighted by Gasteiger charge is 2.27. The van der Waals surface area contributed by atoms with Crippen molar-refractivity contribution < 1.29 is 18.0 Å². The predicted molar refractivity (Wildman–Crippen MR) is 124 cm³/mol. The Balaban J connectivity index is 1.33. The lowest BCUT2D eigenvalue weighted by Gasteiger charge is -2.32. The fourth-order valence-electron chi connectivity index (χ4n) is 4.27. The Hall–Kier alpha value is -2.23. The third kappa shape index (κ3) is 5.22. The number of hydrogen-bond acceptors (Lipinski definition) is 5. The molecule has 3 heterocycles. The van der Waals surface area contributed by atoms with Crippen molar-refractivity contribution in [3.63, 3.8) is 0 Å². The molecule has 2 amide bonds. The molecule has 2 saturated heterocycles. The third-order valence-corrected chi connectivity index (χ3v) is 8.80. The number of rotatable bonds is 5. The van der Waals surface area contributed by atoms with Gasteiger partial charge >= 0.3 is 0 Å². The van der Waals surface area contributed by atoms with E-state index in [1.807, 2.05) is 10.8 Å². The van der Waals surface area contributed by atoms with Gasteiger partial charge in [-0.05, 0) is 61.4 Å². The van der Waals surface area contributed by atoms with E-state index in [0.717, 1.165) is 25.7 Å². The number of amides is 2. The van der Waals surface area contributed by atoms with Crippen LogP contribution in [0.1, 0.15) is 59.2 Å². The topological polar surface area (TPSA) is 86.8 Å². The first-order valence-electron chi connectivity index (χ1n) is 11.2. The molecule has 7 nitrogen and oxygen atoms in total. The van der Waals surface area contributed by atoms with Crippen LogP contribution in [0.25, 0.3) is 0 Å². The summed E-state index contributed by atoms with van der Waals surface area (Å²) in [5.41, 5.74) is 1.16. The molecule has 0 unspecified atom stereocenters. The van der Waals surface area contributed by atoms with Gasteiger partial charge in [-0.3, -0.25) is 9.59 Å². The van der Waals surface area contributed by atoms with Gasteiger partial charge in [0.25, 0.3) is 11.8 Å². The Kier molecular flexibility index (Phi) is 7.27. The first-order valence-corrected chi connectivity index (χ1v) is 13.6. The molecule has 32 heavy (non-hydrogen) atoms. The van der Waals surface area contributed by atoms with Crippen molar-refractivity contribution in [3.05, 3.63) is 52.2 Å². The molecular formula is C23H29N3O4S2. The second kappa shape index (κ2) is 10.1. The van der Waals surface area contributed by atoms with E-state index < -0.39 is 10.0 Å². The maximum absolute atomic E-state index is 12.9. The Bertz CT molecular complexity index is 1020. The number of thiophene rings is 1. The van der Waals surface area contributed by atoms with Crippen molar-refractivity contribution >= 4 is 33.2 Å². The van der Waals surface area contributed by atoms with Gasteiger partial charge in [-0.15, -0.1) is 0 Å². The van der Waals surface area contributed by atoms with Crippen LogP contribution in [-0.2, 0) is 10.0 Å². The van der Waals surface area contributed by atoms with Crippen molar-refractivity contribution in [2.45, 2.75) is 49.5 Å². The normalized spacial score (nSPS) is 18.8. The number of piperidine rings is 1. The lowest BCUT2D eigenvalue weighted by atomic mass is 10.0. The van der Waals surface area contributed by atoms with Gasteiger partial charge in [0.2, 0.25) is 10.0 Å². The van der Waals surface area contributed by atoms with Crippen molar-refractivity contribution in [3.8, 4) is 0 Å². The Morgan fingerprint density at radius 1 is 0.875 bits per heavy atom. The molecule has 0 radical (unpaired) electrons. The van der Waals surface area contributed by atoms with E-state index in [9.17, 15) is 18.0 Å². The van der Waals surface area contributed by atoms with Crippen LogP contribution in [0.5, 0.6) is 0 Å². The van der Waals surface area contributed by atoms with E-state index >= 15 is 0 Å². The average molecular weight is 476 g/mol. The monoisotopic (exact) mass is 475 g/mol. The third-order valence-electron chi connectivity index (χ3n) is 6.20. The van der Waals surface area contributed by atoms with Crippen molar-refractivity contribution in [1.82, 2.24) is 14.5 Å². The van der Waals surface area contributed by atoms with Crippen molar-refractivity contribution in [1.29, 1.82) is 0 Å². The van der Waals surface area contributed by atoms with Crippen LogP contribution in [0.3, 0.4) is 0 Å². The second-order valence-corrected chi connectivity index (χ2v) is 11.1. The molecule has 9 heteroatoms. The Morgan fingerprint density at radius 2 is 1.53 bits per heavy atom. The van der Waals surface area contributed by atoms with E-state index in [1.54, 1.807) is 39.5 Å². The summed E-state index contributed by atoms with van der Waals surface area (Å²) >= 11 is 1.49. The van der Waals surface area contributed by atoms with Crippen LogP contribution in [0, 0.1) is 0 Å². The van der Waals surface area contributed by atoms with Crippen LogP contribution < -0.4 is 5.32 Å². The molecule has 1 aromatic heterocycles. The van der Waals surface area contributed by atoms with Gasteiger partial charge in [0.15, 0.2) is 0 Å². The smallest absolute Gasteiger partial charge is 0.253 e. The fraction of sp³-hybridized carbons (Fsp3) is 0.478. The zero-order valence-electron chi connectivity index (χ0n) is 18.0. The molecule has 0 spiro atoms. The van der Waals surface area contributed by atoms with Gasteiger partial charge in [-0.1, -0.05) is 12.8 Å². The van der Waals surface area contributed by atoms with Crippen molar-refractivity contribution in [2.75, 3.05) is 26.2 Å². The first-order chi connectivity index (χ1) is 15.4. The second-order valence-electron chi connectivity index (χ2n) is 8.39. The summed E-state index contributed by atoms with van der Waals surface area (Å²) in [5, 5.41) is 6.74. The number of carbonyl (C=O) groups is 2. The highest BCUT2D eigenvalue weighted by Crippen LogP contribution is 2.22. The molecule has 2 aliphatic heterocycles. The predicted octanol–water partition coefficient (Wildman–Crippen LogP) is 3.35. The van der Waals surface area contributed by atoms with Crippen LogP contribution >= 0.6 is 11.3 Å². The molecule has 1 N–H and O–H groups in total. The number of hydrogen-bond donors (Lipinski definition) is 1. The molecule has 172 valence electrons. The number of nitrogens with one attached hydrogen (secondary N) is 1. The van der Waals surface area contributed by atoms with E-state index in [1.165, 1.54) is 11.3 Å². The average Bonchev–Trinajstić information content (AvgIpc) is 3.21. The van der Waals surface area contributed by atoms with E-state index in [4.69, 9.17) is 0 Å². The summed E-state index contributed by atoms with van der Waals surface area (Å²) in [6, 6.07) is 8.15. The minimum absolute atomic E-state index is 0.0487. The number of nitrogens with zero attached hydrogens (tertiary/aromatic N) is 2. The van der Waals surface area contributed by atoms with E-state index in [2.05, 4.69) is 5.32 Å². The zero-order chi connectivity index (χ0) is 22.6. The van der Waals surface area contributed by atoms with Gasteiger partial charge in [0.1, 0.15) is 0 Å². The molecule has 0 atom stereocenters. The largest absolute Gasteiger partial charge is 0.349 e. The van der Waals surface area contributed by atoms with E-state index in [-0.39, 0.29) is 22.8 Å². The zero-order valence-corrected chi connectivity index (χ0v) is 19.7. The maximum atomic E-state index is 12.9. The minimum Gasteiger partial charge on any atom is -0.349 e. The molecule has 0 bridgehead atoms. The fourth-order valence-corrected chi connectivity index (χ4v) is 6.43. The molecular weight excluding hydrogens is 446 g/mol. The Labute approximate surface area is 193 Å². The van der Waals surface area contributed by atoms with Gasteiger partial charge in [0.05, 0.1) is 4.90 Å². The first kappa shape index (κ1) is 22.9. The standard InChI is InChI=1S/C23H29N3O4S2/c27-22(19-11-16-31-17-19)24-20-9-14-25(15-10-20)23(28)18-5-7-21(8-6-18)32(29,30)26-12-3-1-2-4-13-26/h5-8,11,16-17,20H,1-4,9-10,12-15H2,(H,24,27). The molecule has 0 saturated carbocycles. The van der Waals surface area contributed by atoms with Crippen LogP contribution in [-0.4, -0.2) is 61.7 Å². The molecule has 1 aromatic carbocycles. The molecule has 4 rings (SSSR count). The van der Waals surface area contributed by atoms with Crippen molar-refractivity contribution in [2.24, 2.45) is 0 Å². The lowest BCUT2D eigenvalue weighted by molar-refractivity contribution is 0.0698. The number of likely N-dealkylation sites (tertiary alicyclic amines) is 1. The van der Waals surface area contributed by atoms with Crippen LogP contribution in [0.2, 0.25) is 0 Å². The summed E-state index contributed by atoms with van der Waals surface area (Å²) < 4.78 is 27.4. The summed E-state index contributed by atoms with van der Waals surface area (Å²) in [6.45, 7) is 2.23. The van der Waals surface area contributed by atoms with Gasteiger partial charge < -0.3 is 10.2 Å². The summed E-state index contributed by atoms with van der Waals surface area (Å²) in [6.07, 6.45) is 5.30. The number of carbonyl (C=O) groups excluding carboxylic acids is 2. The highest BCUT2D eigenvalue weighted by atomic mass is 32.2. The molecule has 2 aromatic rings. The Morgan fingerprint density at radius 3 is 2.12 bits per heavy atom. The van der Waals surface area contributed by atoms with Gasteiger partial charge in [0, 0.05) is 48.7 Å². The lowest BCUT2D eigenvalue weighted by Crippen LogP contribution is -2.46. The molecule has 2 fully saturated rings. The number of benzene rings is 1. The van der Waals surface area contributed by atoms with Gasteiger partial charge in [-0.2, -0.15) is 15.6 Å². The van der Waals surface area contributed by atoms with Crippen LogP contribution in [0.4, 0.5) is 0 Å². The summed E-state index contributed by atoms with van der Waals surface area (Å²) in [4.78, 5) is 27.1. The SMILES string of the molecule is O=C(NC1CCN(C(=O)c2ccc(S(=O)(=O)N3CCCCCC3)cc2)CC1)c1ccsc1. The minimum atomic E-state index is -3.52. The molecule has 2 aliphatic rings.